The van der Waals surface area contributed by atoms with Crippen LogP contribution < -0.4 is 0 Å². The lowest BCUT2D eigenvalue weighted by molar-refractivity contribution is 0.0956. The van der Waals surface area contributed by atoms with Crippen LogP contribution in [0.2, 0.25) is 0 Å². The summed E-state index contributed by atoms with van der Waals surface area (Å²) in [4.78, 5) is 11.6. The average molecular weight is 206 g/mol. The van der Waals surface area contributed by atoms with Crippen LogP contribution >= 0.6 is 0 Å². The molecule has 0 radical (unpaired) electrons. The zero-order valence-electron chi connectivity index (χ0n) is 8.39. The second-order valence-electron chi connectivity index (χ2n) is 3.28. The molecule has 0 bridgehead atoms. The minimum atomic E-state index is -0.667. The fourth-order valence-electron chi connectivity index (χ4n) is 1.24. The number of aromatic hydroxyl groups is 1. The number of benzene rings is 1. The van der Waals surface area contributed by atoms with Crippen LogP contribution in [0.15, 0.2) is 36.9 Å². The molecule has 1 rings (SSSR count). The van der Waals surface area contributed by atoms with Gasteiger partial charge in [-0.2, -0.15) is 0 Å². The van der Waals surface area contributed by atoms with E-state index in [0.717, 1.165) is 0 Å². The van der Waals surface area contributed by atoms with Crippen molar-refractivity contribution >= 4 is 5.78 Å². The normalized spacial score (nSPS) is 12.1. The van der Waals surface area contributed by atoms with Crippen LogP contribution in [-0.2, 0) is 0 Å². The maximum Gasteiger partial charge on any atom is 0.166 e. The highest BCUT2D eigenvalue weighted by molar-refractivity contribution is 5.98. The fourth-order valence-corrected chi connectivity index (χ4v) is 1.24. The zero-order valence-corrected chi connectivity index (χ0v) is 8.39. The number of hydrogen-bond donors (Lipinski definition) is 2. The van der Waals surface area contributed by atoms with Gasteiger partial charge in [-0.3, -0.25) is 4.79 Å². The monoisotopic (exact) mass is 206 g/mol. The molecule has 0 amide bonds. The van der Waals surface area contributed by atoms with Crippen molar-refractivity contribution in [1.29, 1.82) is 0 Å². The van der Waals surface area contributed by atoms with Gasteiger partial charge in [0.15, 0.2) is 5.78 Å². The lowest BCUT2D eigenvalue weighted by Gasteiger charge is -2.05. The Bertz CT molecular complexity index is 358. The van der Waals surface area contributed by atoms with Gasteiger partial charge < -0.3 is 10.2 Å². The Morgan fingerprint density at radius 2 is 2.13 bits per heavy atom. The molecular formula is C12H14O3. The molecule has 3 heteroatoms. The zero-order chi connectivity index (χ0) is 11.3. The highest BCUT2D eigenvalue weighted by Gasteiger charge is 2.11. The molecule has 0 aliphatic carbocycles. The van der Waals surface area contributed by atoms with E-state index in [9.17, 15) is 15.0 Å². The fraction of sp³-hybridized carbons (Fsp3) is 0.250. The van der Waals surface area contributed by atoms with Crippen molar-refractivity contribution in [2.75, 3.05) is 0 Å². The van der Waals surface area contributed by atoms with Crippen molar-refractivity contribution < 1.29 is 15.0 Å². The van der Waals surface area contributed by atoms with E-state index in [0.29, 0.717) is 12.0 Å². The third kappa shape index (κ3) is 3.22. The maximum absolute atomic E-state index is 11.6. The number of aliphatic hydroxyl groups excluding tert-OH is 1. The number of aliphatic hydroxyl groups is 1. The molecule has 0 saturated carbocycles. The second-order valence-corrected chi connectivity index (χ2v) is 3.28. The minimum absolute atomic E-state index is 0.0180. The first-order chi connectivity index (χ1) is 7.15. The summed E-state index contributed by atoms with van der Waals surface area (Å²) in [5, 5.41) is 18.6. The summed E-state index contributed by atoms with van der Waals surface area (Å²) in [5.41, 5.74) is 0.300. The van der Waals surface area contributed by atoms with E-state index in [2.05, 4.69) is 6.58 Å². The van der Waals surface area contributed by atoms with E-state index in [4.69, 9.17) is 0 Å². The number of ketones is 1. The molecule has 0 aliphatic rings. The summed E-state index contributed by atoms with van der Waals surface area (Å²) in [6, 6.07) is 6.39. The lowest BCUT2D eigenvalue weighted by Crippen LogP contribution is -2.07. The van der Waals surface area contributed by atoms with Gasteiger partial charge in [0.2, 0.25) is 0 Å². The van der Waals surface area contributed by atoms with Crippen molar-refractivity contribution in [3.8, 4) is 5.75 Å². The van der Waals surface area contributed by atoms with Gasteiger partial charge >= 0.3 is 0 Å². The smallest absolute Gasteiger partial charge is 0.166 e. The molecule has 0 spiro atoms. The quantitative estimate of drug-likeness (QED) is 0.571. The minimum Gasteiger partial charge on any atom is -0.507 e. The van der Waals surface area contributed by atoms with E-state index in [1.807, 2.05) is 0 Å². The first-order valence-corrected chi connectivity index (χ1v) is 4.77. The van der Waals surface area contributed by atoms with E-state index >= 15 is 0 Å². The molecule has 1 atom stereocenters. The summed E-state index contributed by atoms with van der Waals surface area (Å²) in [7, 11) is 0. The number of Topliss-reactive ketones (excluding diaryl/α,β-unsaturated/α-hetero) is 1. The Morgan fingerprint density at radius 1 is 1.47 bits per heavy atom. The van der Waals surface area contributed by atoms with Crippen LogP contribution in [-0.4, -0.2) is 22.1 Å². The van der Waals surface area contributed by atoms with Crippen molar-refractivity contribution in [2.24, 2.45) is 0 Å². The Balaban J connectivity index is 2.62. The molecule has 1 unspecified atom stereocenters. The predicted octanol–water partition coefficient (Wildman–Crippen LogP) is 1.90. The summed E-state index contributed by atoms with van der Waals surface area (Å²) >= 11 is 0. The molecule has 1 aromatic rings. The summed E-state index contributed by atoms with van der Waals surface area (Å²) in [5.74, 6) is -0.190. The molecule has 0 saturated heterocycles. The lowest BCUT2D eigenvalue weighted by atomic mass is 10.0. The van der Waals surface area contributed by atoms with Crippen LogP contribution in [0, 0.1) is 0 Å². The van der Waals surface area contributed by atoms with Crippen molar-refractivity contribution in [2.45, 2.75) is 18.9 Å². The van der Waals surface area contributed by atoms with Crippen LogP contribution in [0.5, 0.6) is 5.75 Å². The van der Waals surface area contributed by atoms with Gasteiger partial charge in [-0.05, 0) is 18.6 Å². The summed E-state index contributed by atoms with van der Waals surface area (Å²) in [6.07, 6.45) is 1.25. The number of phenols is 1. The number of para-hydroxylation sites is 1. The van der Waals surface area contributed by atoms with Gasteiger partial charge in [0.1, 0.15) is 5.75 Å². The molecule has 15 heavy (non-hydrogen) atoms. The largest absolute Gasteiger partial charge is 0.507 e. The SMILES string of the molecule is C=CC(O)CCC(=O)c1ccccc1O. The number of hydrogen-bond acceptors (Lipinski definition) is 3. The van der Waals surface area contributed by atoms with E-state index in [1.54, 1.807) is 18.2 Å². The summed E-state index contributed by atoms with van der Waals surface area (Å²) < 4.78 is 0. The number of phenolic OH excluding ortho intramolecular Hbond substituents is 1. The van der Waals surface area contributed by atoms with Crippen LogP contribution in [0.3, 0.4) is 0 Å². The molecule has 0 aliphatic heterocycles. The van der Waals surface area contributed by atoms with Gasteiger partial charge in [0, 0.05) is 6.42 Å². The van der Waals surface area contributed by atoms with Gasteiger partial charge in [-0.1, -0.05) is 18.2 Å². The Morgan fingerprint density at radius 3 is 2.73 bits per heavy atom. The standard InChI is InChI=1S/C12H14O3/c1-2-9(13)7-8-12(15)10-5-3-4-6-11(10)14/h2-6,9,13-14H,1,7-8H2. The third-order valence-corrected chi connectivity index (χ3v) is 2.14. The molecule has 3 nitrogen and oxygen atoms in total. The van der Waals surface area contributed by atoms with Crippen molar-refractivity contribution in [3.05, 3.63) is 42.5 Å². The second kappa shape index (κ2) is 5.32. The van der Waals surface area contributed by atoms with E-state index < -0.39 is 6.10 Å². The predicted molar refractivity (Wildman–Crippen MR) is 57.9 cm³/mol. The molecule has 0 heterocycles. The van der Waals surface area contributed by atoms with Crippen LogP contribution in [0.1, 0.15) is 23.2 Å². The molecule has 0 aromatic heterocycles. The number of rotatable bonds is 5. The molecule has 2 N–H and O–H groups in total. The first-order valence-electron chi connectivity index (χ1n) is 4.77. The van der Waals surface area contributed by atoms with Crippen molar-refractivity contribution in [1.82, 2.24) is 0 Å². The Hall–Kier alpha value is -1.61. The molecule has 80 valence electrons. The van der Waals surface area contributed by atoms with Gasteiger partial charge in [0.05, 0.1) is 11.7 Å². The third-order valence-electron chi connectivity index (χ3n) is 2.14. The Kier molecular flexibility index (Phi) is 4.06. The van der Waals surface area contributed by atoms with Crippen LogP contribution in [0.4, 0.5) is 0 Å². The Labute approximate surface area is 88.7 Å². The van der Waals surface area contributed by atoms with Gasteiger partial charge in [-0.25, -0.2) is 0 Å². The highest BCUT2D eigenvalue weighted by atomic mass is 16.3. The molecule has 0 fully saturated rings. The van der Waals surface area contributed by atoms with Crippen molar-refractivity contribution in [3.63, 3.8) is 0 Å². The van der Waals surface area contributed by atoms with Gasteiger partial charge in [0.25, 0.3) is 0 Å². The van der Waals surface area contributed by atoms with E-state index in [-0.39, 0.29) is 18.0 Å². The summed E-state index contributed by atoms with van der Waals surface area (Å²) in [6.45, 7) is 3.42. The highest BCUT2D eigenvalue weighted by Crippen LogP contribution is 2.18. The van der Waals surface area contributed by atoms with Crippen LogP contribution in [0.25, 0.3) is 0 Å². The number of carbonyl (C=O) groups is 1. The molecule has 1 aromatic carbocycles. The maximum atomic E-state index is 11.6. The number of carbonyl (C=O) groups excluding carboxylic acids is 1. The molecular weight excluding hydrogens is 192 g/mol. The van der Waals surface area contributed by atoms with Gasteiger partial charge in [-0.15, -0.1) is 6.58 Å². The average Bonchev–Trinajstić information content (AvgIpc) is 2.26. The topological polar surface area (TPSA) is 57.5 Å². The van der Waals surface area contributed by atoms with E-state index in [1.165, 1.54) is 12.1 Å². The first kappa shape index (κ1) is 11.5.